The molecule has 1 unspecified atom stereocenters. The first-order chi connectivity index (χ1) is 8.79. The van der Waals surface area contributed by atoms with Crippen molar-refractivity contribution in [3.05, 3.63) is 0 Å². The third kappa shape index (κ3) is 4.22. The van der Waals surface area contributed by atoms with E-state index in [-0.39, 0.29) is 0 Å². The van der Waals surface area contributed by atoms with Gasteiger partial charge in [0.2, 0.25) is 0 Å². The highest BCUT2D eigenvalue weighted by molar-refractivity contribution is 4.83. The third-order valence-electron chi connectivity index (χ3n) is 4.48. The molecule has 1 atom stereocenters. The van der Waals surface area contributed by atoms with Crippen molar-refractivity contribution < 1.29 is 4.74 Å². The van der Waals surface area contributed by atoms with Crippen LogP contribution in [0.5, 0.6) is 0 Å². The van der Waals surface area contributed by atoms with Crippen LogP contribution in [0.2, 0.25) is 0 Å². The van der Waals surface area contributed by atoms with Gasteiger partial charge in [-0.1, -0.05) is 6.92 Å². The number of nitrogens with two attached hydrogens (primary N) is 1. The van der Waals surface area contributed by atoms with Crippen molar-refractivity contribution in [3.63, 3.8) is 0 Å². The highest BCUT2D eigenvalue weighted by Crippen LogP contribution is 2.24. The maximum Gasteiger partial charge on any atom is 0.0702 e. The first-order valence-corrected chi connectivity index (χ1v) is 7.90. The number of hydrogen-bond acceptors (Lipinski definition) is 3. The molecule has 2 fully saturated rings. The number of ether oxygens (including phenoxy) is 1. The van der Waals surface area contributed by atoms with Gasteiger partial charge in [0, 0.05) is 25.2 Å². The van der Waals surface area contributed by atoms with Crippen LogP contribution >= 0.6 is 0 Å². The Kier molecular flexibility index (Phi) is 5.93. The molecule has 2 N–H and O–H groups in total. The van der Waals surface area contributed by atoms with Crippen LogP contribution in [0, 0.1) is 0 Å². The fourth-order valence-electron chi connectivity index (χ4n) is 3.39. The third-order valence-corrected chi connectivity index (χ3v) is 4.48. The zero-order valence-electron chi connectivity index (χ0n) is 11.9. The topological polar surface area (TPSA) is 38.5 Å². The molecular weight excluding hydrogens is 224 g/mol. The Bertz CT molecular complexity index is 221. The van der Waals surface area contributed by atoms with Crippen molar-refractivity contribution >= 4 is 0 Å². The Morgan fingerprint density at radius 2 is 1.89 bits per heavy atom. The van der Waals surface area contributed by atoms with Crippen molar-refractivity contribution in [2.45, 2.75) is 76.5 Å². The van der Waals surface area contributed by atoms with Crippen molar-refractivity contribution in [1.82, 2.24) is 4.90 Å². The summed E-state index contributed by atoms with van der Waals surface area (Å²) in [6.45, 7) is 5.62. The normalized spacial score (nSPS) is 33.8. The van der Waals surface area contributed by atoms with Crippen LogP contribution in [0.3, 0.4) is 0 Å². The summed E-state index contributed by atoms with van der Waals surface area (Å²) in [5.74, 6) is 0. The standard InChI is InChI=1S/C15H30N2O/c1-2-10-17(12-15-5-3-4-11-18-15)14-8-6-13(16)7-9-14/h13-15H,2-12,16H2,1H3. The lowest BCUT2D eigenvalue weighted by Gasteiger charge is -2.38. The average molecular weight is 254 g/mol. The number of hydrogen-bond donors (Lipinski definition) is 1. The minimum Gasteiger partial charge on any atom is -0.377 e. The molecule has 3 heteroatoms. The molecule has 1 heterocycles. The smallest absolute Gasteiger partial charge is 0.0702 e. The van der Waals surface area contributed by atoms with E-state index in [1.165, 1.54) is 57.9 Å². The second-order valence-corrected chi connectivity index (χ2v) is 6.05. The maximum absolute atomic E-state index is 6.01. The molecule has 0 amide bonds. The number of rotatable bonds is 5. The molecule has 0 aromatic heterocycles. The molecule has 0 spiro atoms. The lowest BCUT2D eigenvalue weighted by atomic mass is 9.90. The minimum absolute atomic E-state index is 0.454. The van der Waals surface area contributed by atoms with E-state index in [1.54, 1.807) is 0 Å². The van der Waals surface area contributed by atoms with E-state index in [0.29, 0.717) is 12.1 Å². The predicted octanol–water partition coefficient (Wildman–Crippen LogP) is 2.54. The first-order valence-electron chi connectivity index (χ1n) is 7.90. The molecular formula is C15H30N2O. The van der Waals surface area contributed by atoms with E-state index in [9.17, 15) is 0 Å². The molecule has 2 rings (SSSR count). The minimum atomic E-state index is 0.454. The lowest BCUT2D eigenvalue weighted by molar-refractivity contribution is -0.0175. The zero-order valence-corrected chi connectivity index (χ0v) is 11.9. The maximum atomic E-state index is 6.01. The van der Waals surface area contributed by atoms with Crippen LogP contribution in [-0.2, 0) is 4.74 Å². The van der Waals surface area contributed by atoms with Crippen molar-refractivity contribution in [1.29, 1.82) is 0 Å². The molecule has 2 aliphatic rings. The second kappa shape index (κ2) is 7.46. The molecule has 18 heavy (non-hydrogen) atoms. The summed E-state index contributed by atoms with van der Waals surface area (Å²) in [4.78, 5) is 2.68. The largest absolute Gasteiger partial charge is 0.377 e. The first kappa shape index (κ1) is 14.3. The van der Waals surface area contributed by atoms with E-state index in [4.69, 9.17) is 10.5 Å². The molecule has 0 aromatic rings. The van der Waals surface area contributed by atoms with Gasteiger partial charge in [-0.25, -0.2) is 0 Å². The SMILES string of the molecule is CCCN(CC1CCCCO1)C1CCC(N)CC1. The van der Waals surface area contributed by atoms with Gasteiger partial charge in [-0.15, -0.1) is 0 Å². The fraction of sp³-hybridized carbons (Fsp3) is 1.00. The highest BCUT2D eigenvalue weighted by Gasteiger charge is 2.26. The van der Waals surface area contributed by atoms with Gasteiger partial charge in [0.15, 0.2) is 0 Å². The van der Waals surface area contributed by atoms with Gasteiger partial charge in [0.25, 0.3) is 0 Å². The predicted molar refractivity (Wildman–Crippen MR) is 75.7 cm³/mol. The monoisotopic (exact) mass is 254 g/mol. The van der Waals surface area contributed by atoms with Crippen molar-refractivity contribution in [3.8, 4) is 0 Å². The Hall–Kier alpha value is -0.120. The van der Waals surface area contributed by atoms with Crippen LogP contribution in [0.15, 0.2) is 0 Å². The van der Waals surface area contributed by atoms with E-state index < -0.39 is 0 Å². The quantitative estimate of drug-likeness (QED) is 0.819. The Morgan fingerprint density at radius 3 is 2.50 bits per heavy atom. The summed E-state index contributed by atoms with van der Waals surface area (Å²) in [5, 5.41) is 0. The Morgan fingerprint density at radius 1 is 1.11 bits per heavy atom. The summed E-state index contributed by atoms with van der Waals surface area (Å²) < 4.78 is 5.90. The molecule has 0 bridgehead atoms. The molecule has 1 saturated heterocycles. The van der Waals surface area contributed by atoms with E-state index in [0.717, 1.165) is 19.2 Å². The second-order valence-electron chi connectivity index (χ2n) is 6.05. The molecule has 1 aliphatic heterocycles. The van der Waals surface area contributed by atoms with E-state index in [2.05, 4.69) is 11.8 Å². The van der Waals surface area contributed by atoms with Gasteiger partial charge in [-0.05, 0) is 57.9 Å². The summed E-state index contributed by atoms with van der Waals surface area (Å²) in [7, 11) is 0. The summed E-state index contributed by atoms with van der Waals surface area (Å²) in [6, 6.07) is 1.21. The molecule has 3 nitrogen and oxygen atoms in total. The van der Waals surface area contributed by atoms with E-state index >= 15 is 0 Å². The average Bonchev–Trinajstić information content (AvgIpc) is 2.40. The van der Waals surface area contributed by atoms with Gasteiger partial charge in [-0.3, -0.25) is 4.90 Å². The molecule has 106 valence electrons. The zero-order chi connectivity index (χ0) is 12.8. The lowest BCUT2D eigenvalue weighted by Crippen LogP contribution is -2.45. The molecule has 0 aromatic carbocycles. The fourth-order valence-corrected chi connectivity index (χ4v) is 3.39. The Balaban J connectivity index is 1.82. The Labute approximate surface area is 112 Å². The van der Waals surface area contributed by atoms with Crippen LogP contribution in [-0.4, -0.2) is 42.8 Å². The van der Waals surface area contributed by atoms with Gasteiger partial charge in [0.05, 0.1) is 6.10 Å². The number of nitrogens with zero attached hydrogens (tertiary/aromatic N) is 1. The van der Waals surface area contributed by atoms with Crippen LogP contribution in [0.1, 0.15) is 58.3 Å². The van der Waals surface area contributed by atoms with Gasteiger partial charge in [-0.2, -0.15) is 0 Å². The van der Waals surface area contributed by atoms with Crippen molar-refractivity contribution in [2.24, 2.45) is 5.73 Å². The molecule has 1 saturated carbocycles. The van der Waals surface area contributed by atoms with Gasteiger partial charge >= 0.3 is 0 Å². The van der Waals surface area contributed by atoms with Crippen molar-refractivity contribution in [2.75, 3.05) is 19.7 Å². The van der Waals surface area contributed by atoms with Crippen LogP contribution in [0.4, 0.5) is 0 Å². The van der Waals surface area contributed by atoms with Gasteiger partial charge in [0.1, 0.15) is 0 Å². The highest BCUT2D eigenvalue weighted by atomic mass is 16.5. The van der Waals surface area contributed by atoms with E-state index in [1.807, 2.05) is 0 Å². The molecule has 1 aliphatic carbocycles. The van der Waals surface area contributed by atoms with Crippen LogP contribution in [0.25, 0.3) is 0 Å². The van der Waals surface area contributed by atoms with Crippen LogP contribution < -0.4 is 5.73 Å². The summed E-state index contributed by atoms with van der Waals surface area (Å²) >= 11 is 0. The summed E-state index contributed by atoms with van der Waals surface area (Å²) in [5.41, 5.74) is 6.01. The van der Waals surface area contributed by atoms with Gasteiger partial charge < -0.3 is 10.5 Å². The summed E-state index contributed by atoms with van der Waals surface area (Å²) in [6.07, 6.45) is 10.6. The molecule has 0 radical (unpaired) electrons.